The van der Waals surface area contributed by atoms with Crippen LogP contribution in [0.2, 0.25) is 0 Å². The average molecular weight is 290 g/mol. The van der Waals surface area contributed by atoms with Gasteiger partial charge in [0.05, 0.1) is 6.61 Å². The molecule has 4 heteroatoms. The highest BCUT2D eigenvalue weighted by atomic mass is 79.9. The van der Waals surface area contributed by atoms with Crippen molar-refractivity contribution in [2.75, 3.05) is 6.61 Å². The van der Waals surface area contributed by atoms with Gasteiger partial charge in [-0.05, 0) is 42.8 Å². The molecule has 0 aliphatic carbocycles. The summed E-state index contributed by atoms with van der Waals surface area (Å²) in [6.45, 7) is 7.28. The molecular formula is C11H16BrNOS. The zero-order valence-electron chi connectivity index (χ0n) is 9.21. The summed E-state index contributed by atoms with van der Waals surface area (Å²) in [5.74, 6) is 0. The summed E-state index contributed by atoms with van der Waals surface area (Å²) in [6, 6.07) is 2.51. The molecule has 2 nitrogen and oxygen atoms in total. The van der Waals surface area contributed by atoms with Crippen LogP contribution in [0.25, 0.3) is 0 Å². The monoisotopic (exact) mass is 289 g/mol. The number of hydrogen-bond acceptors (Lipinski definition) is 3. The van der Waals surface area contributed by atoms with E-state index in [-0.39, 0.29) is 11.6 Å². The van der Waals surface area contributed by atoms with Crippen molar-refractivity contribution < 1.29 is 4.74 Å². The lowest BCUT2D eigenvalue weighted by Crippen LogP contribution is -2.55. The Balaban J connectivity index is 2.12. The number of morpholine rings is 1. The van der Waals surface area contributed by atoms with Crippen LogP contribution in [-0.4, -0.2) is 18.2 Å². The molecular weight excluding hydrogens is 274 g/mol. The number of nitrogens with one attached hydrogen (secondary N) is 1. The second kappa shape index (κ2) is 4.17. The standard InChI is InChI=1S/C11H16BrNOS/c1-7-10(9-4-8(12)5-15-9)14-6-11(2,3)13-7/h4-5,7,10,13H,6H2,1-3H3. The second-order valence-corrected chi connectivity index (χ2v) is 6.57. The number of ether oxygens (including phenoxy) is 1. The summed E-state index contributed by atoms with van der Waals surface area (Å²) in [6.07, 6.45) is 0.189. The molecule has 2 heterocycles. The molecule has 0 aromatic carbocycles. The molecule has 15 heavy (non-hydrogen) atoms. The van der Waals surface area contributed by atoms with E-state index in [9.17, 15) is 0 Å². The van der Waals surface area contributed by atoms with Crippen LogP contribution in [-0.2, 0) is 4.74 Å². The summed E-state index contributed by atoms with van der Waals surface area (Å²) < 4.78 is 7.07. The van der Waals surface area contributed by atoms with E-state index in [1.165, 1.54) is 4.88 Å². The Morgan fingerprint density at radius 1 is 1.60 bits per heavy atom. The fraction of sp³-hybridized carbons (Fsp3) is 0.636. The van der Waals surface area contributed by atoms with E-state index in [1.54, 1.807) is 11.3 Å². The molecule has 1 aliphatic rings. The number of thiophene rings is 1. The Kier molecular flexibility index (Phi) is 3.22. The van der Waals surface area contributed by atoms with Crippen LogP contribution in [0.5, 0.6) is 0 Å². The van der Waals surface area contributed by atoms with Crippen LogP contribution >= 0.6 is 27.3 Å². The topological polar surface area (TPSA) is 21.3 Å². The highest BCUT2D eigenvalue weighted by Gasteiger charge is 2.33. The molecule has 2 atom stereocenters. The van der Waals surface area contributed by atoms with E-state index in [0.717, 1.165) is 11.1 Å². The third-order valence-electron chi connectivity index (χ3n) is 2.56. The van der Waals surface area contributed by atoms with E-state index in [1.807, 2.05) is 0 Å². The molecule has 1 aliphatic heterocycles. The van der Waals surface area contributed by atoms with Crippen LogP contribution in [0.1, 0.15) is 31.8 Å². The maximum Gasteiger partial charge on any atom is 0.107 e. The van der Waals surface area contributed by atoms with Gasteiger partial charge in [-0.15, -0.1) is 11.3 Å². The minimum atomic E-state index is 0.0877. The summed E-state index contributed by atoms with van der Waals surface area (Å²) in [5.41, 5.74) is 0.0877. The van der Waals surface area contributed by atoms with Crippen LogP contribution in [0, 0.1) is 0 Å². The van der Waals surface area contributed by atoms with Gasteiger partial charge in [0, 0.05) is 26.3 Å². The Morgan fingerprint density at radius 3 is 2.87 bits per heavy atom. The maximum absolute atomic E-state index is 5.93. The second-order valence-electron chi connectivity index (χ2n) is 4.72. The normalized spacial score (nSPS) is 30.4. The third-order valence-corrected chi connectivity index (χ3v) is 4.32. The van der Waals surface area contributed by atoms with Crippen LogP contribution in [0.3, 0.4) is 0 Å². The van der Waals surface area contributed by atoms with Crippen LogP contribution in [0.4, 0.5) is 0 Å². The highest BCUT2D eigenvalue weighted by molar-refractivity contribution is 9.10. The molecule has 0 amide bonds. The zero-order chi connectivity index (χ0) is 11.1. The minimum Gasteiger partial charge on any atom is -0.369 e. The van der Waals surface area contributed by atoms with Gasteiger partial charge in [0.15, 0.2) is 0 Å². The summed E-state index contributed by atoms with van der Waals surface area (Å²) in [5, 5.41) is 5.68. The fourth-order valence-corrected chi connectivity index (χ4v) is 3.58. The largest absolute Gasteiger partial charge is 0.369 e. The quantitative estimate of drug-likeness (QED) is 0.856. The van der Waals surface area contributed by atoms with E-state index in [0.29, 0.717) is 6.04 Å². The minimum absolute atomic E-state index is 0.0877. The van der Waals surface area contributed by atoms with Crippen LogP contribution in [0.15, 0.2) is 15.9 Å². The molecule has 2 unspecified atom stereocenters. The van der Waals surface area contributed by atoms with Gasteiger partial charge in [-0.3, -0.25) is 0 Å². The van der Waals surface area contributed by atoms with Crippen molar-refractivity contribution in [2.24, 2.45) is 0 Å². The highest BCUT2D eigenvalue weighted by Crippen LogP contribution is 2.33. The molecule has 1 fully saturated rings. The molecule has 84 valence electrons. The molecule has 0 radical (unpaired) electrons. The number of hydrogen-bond donors (Lipinski definition) is 1. The number of halogens is 1. The zero-order valence-corrected chi connectivity index (χ0v) is 11.6. The fourth-order valence-electron chi connectivity index (χ4n) is 1.98. The van der Waals surface area contributed by atoms with Crippen molar-refractivity contribution in [1.29, 1.82) is 0 Å². The third kappa shape index (κ3) is 2.61. The molecule has 1 saturated heterocycles. The van der Waals surface area contributed by atoms with Crippen molar-refractivity contribution >= 4 is 27.3 Å². The van der Waals surface area contributed by atoms with E-state index in [4.69, 9.17) is 4.74 Å². The Bertz CT molecular complexity index is 350. The smallest absolute Gasteiger partial charge is 0.107 e. The van der Waals surface area contributed by atoms with Gasteiger partial charge in [-0.1, -0.05) is 0 Å². The SMILES string of the molecule is CC1NC(C)(C)COC1c1cc(Br)cs1. The van der Waals surface area contributed by atoms with Gasteiger partial charge >= 0.3 is 0 Å². The van der Waals surface area contributed by atoms with Gasteiger partial charge in [0.2, 0.25) is 0 Å². The summed E-state index contributed by atoms with van der Waals surface area (Å²) >= 11 is 5.22. The van der Waals surface area contributed by atoms with Gasteiger partial charge < -0.3 is 10.1 Å². The summed E-state index contributed by atoms with van der Waals surface area (Å²) in [7, 11) is 0. The van der Waals surface area contributed by atoms with Gasteiger partial charge in [0.25, 0.3) is 0 Å². The lowest BCUT2D eigenvalue weighted by Gasteiger charge is -2.40. The molecule has 1 aromatic heterocycles. The molecule has 1 aromatic rings. The summed E-state index contributed by atoms with van der Waals surface area (Å²) in [4.78, 5) is 1.29. The first-order chi connectivity index (χ1) is 6.98. The van der Waals surface area contributed by atoms with Gasteiger partial charge in [0.1, 0.15) is 6.10 Å². The van der Waals surface area contributed by atoms with Gasteiger partial charge in [-0.2, -0.15) is 0 Å². The Morgan fingerprint density at radius 2 is 2.33 bits per heavy atom. The lowest BCUT2D eigenvalue weighted by molar-refractivity contribution is -0.0478. The molecule has 0 saturated carbocycles. The number of rotatable bonds is 1. The molecule has 0 bridgehead atoms. The predicted octanol–water partition coefficient (Wildman–Crippen LogP) is 3.34. The van der Waals surface area contributed by atoms with E-state index >= 15 is 0 Å². The Labute approximate surface area is 103 Å². The first-order valence-electron chi connectivity index (χ1n) is 5.11. The van der Waals surface area contributed by atoms with Crippen molar-refractivity contribution in [2.45, 2.75) is 38.5 Å². The van der Waals surface area contributed by atoms with E-state index in [2.05, 4.69) is 53.5 Å². The van der Waals surface area contributed by atoms with E-state index < -0.39 is 0 Å². The van der Waals surface area contributed by atoms with Crippen molar-refractivity contribution in [3.05, 3.63) is 20.8 Å². The van der Waals surface area contributed by atoms with Crippen LogP contribution < -0.4 is 5.32 Å². The lowest BCUT2D eigenvalue weighted by atomic mass is 9.99. The molecule has 2 rings (SSSR count). The van der Waals surface area contributed by atoms with Gasteiger partial charge in [-0.25, -0.2) is 0 Å². The molecule has 0 spiro atoms. The first kappa shape index (κ1) is 11.6. The average Bonchev–Trinajstić information content (AvgIpc) is 2.50. The predicted molar refractivity (Wildman–Crippen MR) is 67.4 cm³/mol. The van der Waals surface area contributed by atoms with Crippen molar-refractivity contribution in [1.82, 2.24) is 5.32 Å². The van der Waals surface area contributed by atoms with Crippen molar-refractivity contribution in [3.63, 3.8) is 0 Å². The Hall–Kier alpha value is 0.1000. The van der Waals surface area contributed by atoms with Crippen molar-refractivity contribution in [3.8, 4) is 0 Å². The maximum atomic E-state index is 5.93. The molecule has 1 N–H and O–H groups in total. The first-order valence-corrected chi connectivity index (χ1v) is 6.78.